The van der Waals surface area contributed by atoms with Crippen molar-refractivity contribution in [2.75, 3.05) is 0 Å². The standard InChI is InChI=1S/C15H15ClF3NO3S/c16-12-3-1-11(2-4-12)14(9-10-20)7-5-13(6-8-14)23-24(21,22)15(17,18)19/h1-4,13H,5-9H2. The molecule has 0 radical (unpaired) electrons. The van der Waals surface area contributed by atoms with Crippen LogP contribution in [-0.2, 0) is 19.7 Å². The van der Waals surface area contributed by atoms with Crippen LogP contribution >= 0.6 is 11.6 Å². The monoisotopic (exact) mass is 381 g/mol. The average molecular weight is 382 g/mol. The number of halogens is 4. The average Bonchev–Trinajstić information content (AvgIpc) is 2.49. The Morgan fingerprint density at radius 2 is 1.79 bits per heavy atom. The Balaban J connectivity index is 2.13. The number of nitriles is 1. The molecule has 2 rings (SSSR count). The van der Waals surface area contributed by atoms with E-state index < -0.39 is 27.1 Å². The first-order valence-corrected chi connectivity index (χ1v) is 9.01. The molecule has 1 aromatic carbocycles. The maximum absolute atomic E-state index is 12.4. The summed E-state index contributed by atoms with van der Waals surface area (Å²) in [6, 6.07) is 9.05. The van der Waals surface area contributed by atoms with Crippen molar-refractivity contribution in [2.24, 2.45) is 0 Å². The molecule has 0 amide bonds. The van der Waals surface area contributed by atoms with Gasteiger partial charge in [-0.15, -0.1) is 0 Å². The Bertz CT molecular complexity index is 718. The van der Waals surface area contributed by atoms with E-state index in [1.165, 1.54) is 0 Å². The van der Waals surface area contributed by atoms with Crippen LogP contribution in [0.25, 0.3) is 0 Å². The molecule has 0 atom stereocenters. The fourth-order valence-corrected chi connectivity index (χ4v) is 3.78. The summed E-state index contributed by atoms with van der Waals surface area (Å²) in [5, 5.41) is 9.65. The normalized spacial score (nSPS) is 25.2. The van der Waals surface area contributed by atoms with Gasteiger partial charge in [-0.2, -0.15) is 26.9 Å². The summed E-state index contributed by atoms with van der Waals surface area (Å²) in [5.74, 6) is 0. The maximum atomic E-state index is 12.4. The minimum absolute atomic E-state index is 0.125. The Kier molecular flexibility index (Phi) is 5.47. The SMILES string of the molecule is N#CCC1(c2ccc(Cl)cc2)CCC(OS(=O)(=O)C(F)(F)F)CC1. The highest BCUT2D eigenvalue weighted by atomic mass is 35.5. The smallest absolute Gasteiger partial charge is 0.260 e. The molecule has 0 heterocycles. The van der Waals surface area contributed by atoms with Gasteiger partial charge in [0.2, 0.25) is 0 Å². The summed E-state index contributed by atoms with van der Waals surface area (Å²) in [6.45, 7) is 0. The molecule has 0 saturated heterocycles. The number of alkyl halides is 3. The van der Waals surface area contributed by atoms with Gasteiger partial charge < -0.3 is 0 Å². The van der Waals surface area contributed by atoms with Crippen molar-refractivity contribution in [3.05, 3.63) is 34.9 Å². The highest BCUT2D eigenvalue weighted by Gasteiger charge is 2.49. The molecule has 1 aromatic rings. The molecule has 0 unspecified atom stereocenters. The van der Waals surface area contributed by atoms with Crippen LogP contribution in [0.2, 0.25) is 5.02 Å². The molecule has 4 nitrogen and oxygen atoms in total. The number of hydrogen-bond acceptors (Lipinski definition) is 4. The van der Waals surface area contributed by atoms with Crippen LogP contribution in [0, 0.1) is 11.3 Å². The molecule has 9 heteroatoms. The van der Waals surface area contributed by atoms with Gasteiger partial charge in [-0.05, 0) is 43.4 Å². The minimum Gasteiger partial charge on any atom is -0.260 e. The fourth-order valence-electron chi connectivity index (χ4n) is 3.00. The van der Waals surface area contributed by atoms with Gasteiger partial charge in [0, 0.05) is 16.9 Å². The summed E-state index contributed by atoms with van der Waals surface area (Å²) in [5.41, 5.74) is -5.09. The summed E-state index contributed by atoms with van der Waals surface area (Å²) in [6.07, 6.45) is 0.128. The molecule has 1 saturated carbocycles. The highest BCUT2D eigenvalue weighted by Crippen LogP contribution is 2.44. The van der Waals surface area contributed by atoms with Crippen molar-refractivity contribution in [1.29, 1.82) is 5.26 Å². The van der Waals surface area contributed by atoms with E-state index in [4.69, 9.17) is 16.9 Å². The van der Waals surface area contributed by atoms with Crippen LogP contribution in [0.3, 0.4) is 0 Å². The molecule has 0 bridgehead atoms. The topological polar surface area (TPSA) is 67.2 Å². The van der Waals surface area contributed by atoms with Gasteiger partial charge >= 0.3 is 15.6 Å². The number of benzene rings is 1. The van der Waals surface area contributed by atoms with Gasteiger partial charge in [0.1, 0.15) is 0 Å². The lowest BCUT2D eigenvalue weighted by atomic mass is 9.67. The zero-order chi connectivity index (χ0) is 18.0. The van der Waals surface area contributed by atoms with E-state index in [9.17, 15) is 21.6 Å². The van der Waals surface area contributed by atoms with E-state index in [1.54, 1.807) is 24.3 Å². The van der Waals surface area contributed by atoms with Crippen molar-refractivity contribution < 1.29 is 25.8 Å². The van der Waals surface area contributed by atoms with Crippen molar-refractivity contribution in [2.45, 2.75) is 49.1 Å². The third-order valence-corrected chi connectivity index (χ3v) is 5.65. The first-order chi connectivity index (χ1) is 11.1. The molecule has 0 spiro atoms. The lowest BCUT2D eigenvalue weighted by Gasteiger charge is -2.39. The Morgan fingerprint density at radius 3 is 2.25 bits per heavy atom. The van der Waals surface area contributed by atoms with Gasteiger partial charge in [0.15, 0.2) is 0 Å². The van der Waals surface area contributed by atoms with E-state index in [-0.39, 0.29) is 19.3 Å². The molecule has 0 aliphatic heterocycles. The lowest BCUT2D eigenvalue weighted by Crippen LogP contribution is -2.37. The molecular formula is C15H15ClF3NO3S. The highest BCUT2D eigenvalue weighted by molar-refractivity contribution is 7.87. The Morgan fingerprint density at radius 1 is 1.25 bits per heavy atom. The first-order valence-electron chi connectivity index (χ1n) is 7.22. The van der Waals surface area contributed by atoms with Crippen molar-refractivity contribution >= 4 is 21.7 Å². The van der Waals surface area contributed by atoms with Crippen LogP contribution in [0.4, 0.5) is 13.2 Å². The van der Waals surface area contributed by atoms with Gasteiger partial charge in [0.25, 0.3) is 0 Å². The van der Waals surface area contributed by atoms with Crippen molar-refractivity contribution in [3.63, 3.8) is 0 Å². The van der Waals surface area contributed by atoms with Gasteiger partial charge in [-0.25, -0.2) is 0 Å². The van der Waals surface area contributed by atoms with E-state index in [1.807, 2.05) is 0 Å². The van der Waals surface area contributed by atoms with Crippen LogP contribution in [0.1, 0.15) is 37.7 Å². The predicted molar refractivity (Wildman–Crippen MR) is 81.7 cm³/mol. The summed E-state index contributed by atoms with van der Waals surface area (Å²) < 4.78 is 63.7. The van der Waals surface area contributed by atoms with Crippen molar-refractivity contribution in [1.82, 2.24) is 0 Å². The third-order valence-electron chi connectivity index (χ3n) is 4.31. The molecule has 1 fully saturated rings. The fraction of sp³-hybridized carbons (Fsp3) is 0.533. The lowest BCUT2D eigenvalue weighted by molar-refractivity contribution is -0.0592. The van der Waals surface area contributed by atoms with Gasteiger partial charge in [-0.1, -0.05) is 23.7 Å². The molecule has 132 valence electrons. The van der Waals surface area contributed by atoms with Crippen LogP contribution in [0.5, 0.6) is 0 Å². The first kappa shape index (κ1) is 19.0. The molecule has 24 heavy (non-hydrogen) atoms. The van der Waals surface area contributed by atoms with E-state index in [0.717, 1.165) is 5.56 Å². The zero-order valence-electron chi connectivity index (χ0n) is 12.5. The number of rotatable bonds is 4. The number of hydrogen-bond donors (Lipinski definition) is 0. The second-order valence-corrected chi connectivity index (χ2v) is 7.82. The van der Waals surface area contributed by atoms with E-state index >= 15 is 0 Å². The summed E-state index contributed by atoms with van der Waals surface area (Å²) >= 11 is 5.85. The maximum Gasteiger partial charge on any atom is 0.523 e. The predicted octanol–water partition coefficient (Wildman–Crippen LogP) is 4.30. The summed E-state index contributed by atoms with van der Waals surface area (Å²) in [7, 11) is -5.60. The van der Waals surface area contributed by atoms with E-state index in [0.29, 0.717) is 17.9 Å². The quantitative estimate of drug-likeness (QED) is 0.576. The van der Waals surface area contributed by atoms with Crippen LogP contribution in [-0.4, -0.2) is 20.0 Å². The van der Waals surface area contributed by atoms with Gasteiger partial charge in [-0.3, -0.25) is 4.18 Å². The second kappa shape index (κ2) is 6.90. The molecule has 1 aliphatic rings. The van der Waals surface area contributed by atoms with Crippen LogP contribution in [0.15, 0.2) is 24.3 Å². The second-order valence-electron chi connectivity index (χ2n) is 5.82. The Hall–Kier alpha value is -1.30. The molecule has 0 aromatic heterocycles. The largest absolute Gasteiger partial charge is 0.523 e. The van der Waals surface area contributed by atoms with E-state index in [2.05, 4.69) is 10.3 Å². The Labute approximate surface area is 143 Å². The summed E-state index contributed by atoms with van der Waals surface area (Å²) in [4.78, 5) is 0. The zero-order valence-corrected chi connectivity index (χ0v) is 14.1. The van der Waals surface area contributed by atoms with Gasteiger partial charge in [0.05, 0.1) is 12.2 Å². The molecule has 0 N–H and O–H groups in total. The minimum atomic E-state index is -5.60. The molecule has 1 aliphatic carbocycles. The third kappa shape index (κ3) is 4.02. The molecular weight excluding hydrogens is 367 g/mol. The number of nitrogens with zero attached hydrogens (tertiary/aromatic N) is 1. The van der Waals surface area contributed by atoms with Crippen LogP contribution < -0.4 is 0 Å². The van der Waals surface area contributed by atoms with Crippen molar-refractivity contribution in [3.8, 4) is 6.07 Å².